The summed E-state index contributed by atoms with van der Waals surface area (Å²) < 4.78 is 0. The summed E-state index contributed by atoms with van der Waals surface area (Å²) in [5, 5.41) is 3.31. The molecule has 1 aliphatic rings. The molecule has 0 bridgehead atoms. The Hall–Kier alpha value is -0.820. The highest BCUT2D eigenvalue weighted by Gasteiger charge is 2.11. The minimum absolute atomic E-state index is 0.603. The Morgan fingerprint density at radius 1 is 1.62 bits per heavy atom. The fraction of sp³-hybridized carbons (Fsp3) is 0.500. The molecule has 1 heteroatoms. The molecule has 13 heavy (non-hydrogen) atoms. The minimum Gasteiger partial charge on any atom is -0.313 e. The summed E-state index contributed by atoms with van der Waals surface area (Å²) >= 11 is 0. The molecule has 0 saturated heterocycles. The highest BCUT2D eigenvalue weighted by molar-refractivity contribution is 5.14. The van der Waals surface area contributed by atoms with Gasteiger partial charge in [-0.25, -0.2) is 0 Å². The zero-order valence-corrected chi connectivity index (χ0v) is 8.26. The largest absolute Gasteiger partial charge is 0.313 e. The lowest BCUT2D eigenvalue weighted by Crippen LogP contribution is -2.18. The Labute approximate surface area is 81.2 Å². The van der Waals surface area contributed by atoms with Crippen LogP contribution in [0.1, 0.15) is 19.3 Å². The van der Waals surface area contributed by atoms with Crippen LogP contribution in [-0.4, -0.2) is 13.1 Å². The Kier molecular flexibility index (Phi) is 4.55. The van der Waals surface area contributed by atoms with Crippen LogP contribution in [0.5, 0.6) is 0 Å². The molecule has 1 rings (SSSR count). The number of nitrogens with one attached hydrogen (secondary N) is 1. The van der Waals surface area contributed by atoms with Crippen molar-refractivity contribution in [3.8, 4) is 0 Å². The lowest BCUT2D eigenvalue weighted by Gasteiger charge is -2.19. The van der Waals surface area contributed by atoms with Gasteiger partial charge in [0.1, 0.15) is 0 Å². The predicted octanol–water partition coefficient (Wildman–Crippen LogP) is 2.67. The molecule has 0 radical (unpaired) electrons. The molecule has 0 aromatic heterocycles. The average Bonchev–Trinajstić information content (AvgIpc) is 2.15. The Bertz CT molecular complexity index is 203. The zero-order valence-electron chi connectivity index (χ0n) is 8.26. The van der Waals surface area contributed by atoms with E-state index >= 15 is 0 Å². The third-order valence-electron chi connectivity index (χ3n) is 2.45. The number of hydrogen-bond donors (Lipinski definition) is 1. The molecular formula is C12H19N. The van der Waals surface area contributed by atoms with E-state index in [0.29, 0.717) is 5.92 Å². The van der Waals surface area contributed by atoms with Crippen molar-refractivity contribution in [2.24, 2.45) is 5.92 Å². The van der Waals surface area contributed by atoms with Crippen LogP contribution < -0.4 is 5.32 Å². The van der Waals surface area contributed by atoms with Crippen LogP contribution in [0.2, 0.25) is 0 Å². The molecule has 0 aromatic carbocycles. The van der Waals surface area contributed by atoms with Crippen molar-refractivity contribution >= 4 is 0 Å². The van der Waals surface area contributed by atoms with E-state index in [1.807, 2.05) is 6.08 Å². The first-order valence-electron chi connectivity index (χ1n) is 5.00. The van der Waals surface area contributed by atoms with Gasteiger partial charge in [0.25, 0.3) is 0 Å². The minimum atomic E-state index is 0.603. The molecule has 72 valence electrons. The van der Waals surface area contributed by atoms with E-state index in [2.05, 4.69) is 30.6 Å². The van der Waals surface area contributed by atoms with Gasteiger partial charge in [0.2, 0.25) is 0 Å². The molecule has 0 aromatic rings. The van der Waals surface area contributed by atoms with Gasteiger partial charge in [0, 0.05) is 6.54 Å². The lowest BCUT2D eigenvalue weighted by molar-refractivity contribution is 0.587. The van der Waals surface area contributed by atoms with Crippen LogP contribution in [0, 0.1) is 5.92 Å². The van der Waals surface area contributed by atoms with Crippen LogP contribution in [0.4, 0.5) is 0 Å². The normalized spacial score (nSPS) is 21.8. The molecule has 1 aliphatic carbocycles. The average molecular weight is 177 g/mol. The standard InChI is InChI=1S/C12H19N/c1-3-9-13-10-8-12-7-5-4-6-11(12)2/h3,5,7,12-13H,1-2,4,6,8-10H2. The molecule has 1 atom stereocenters. The molecule has 1 nitrogen and oxygen atoms in total. The van der Waals surface area contributed by atoms with Gasteiger partial charge in [-0.1, -0.05) is 30.4 Å². The monoisotopic (exact) mass is 177 g/mol. The van der Waals surface area contributed by atoms with Crippen molar-refractivity contribution in [2.75, 3.05) is 13.1 Å². The molecule has 0 heterocycles. The summed E-state index contributed by atoms with van der Waals surface area (Å²) in [6, 6.07) is 0. The quantitative estimate of drug-likeness (QED) is 0.503. The fourth-order valence-electron chi connectivity index (χ4n) is 1.61. The number of allylic oxidation sites excluding steroid dienone is 3. The van der Waals surface area contributed by atoms with Gasteiger partial charge in [-0.2, -0.15) is 0 Å². The van der Waals surface area contributed by atoms with E-state index in [-0.39, 0.29) is 0 Å². The lowest BCUT2D eigenvalue weighted by atomic mass is 9.89. The molecule has 0 saturated carbocycles. The van der Waals surface area contributed by atoms with Crippen molar-refractivity contribution in [3.05, 3.63) is 37.0 Å². The number of rotatable bonds is 5. The first kappa shape index (κ1) is 10.3. The van der Waals surface area contributed by atoms with Gasteiger partial charge in [0.15, 0.2) is 0 Å². The highest BCUT2D eigenvalue weighted by Crippen LogP contribution is 2.24. The van der Waals surface area contributed by atoms with Crippen molar-refractivity contribution in [1.29, 1.82) is 0 Å². The molecular weight excluding hydrogens is 158 g/mol. The van der Waals surface area contributed by atoms with E-state index < -0.39 is 0 Å². The van der Waals surface area contributed by atoms with Crippen molar-refractivity contribution in [3.63, 3.8) is 0 Å². The molecule has 0 amide bonds. The van der Waals surface area contributed by atoms with Gasteiger partial charge < -0.3 is 5.32 Å². The van der Waals surface area contributed by atoms with Crippen LogP contribution in [0.3, 0.4) is 0 Å². The maximum absolute atomic E-state index is 4.10. The second kappa shape index (κ2) is 5.76. The second-order valence-corrected chi connectivity index (χ2v) is 3.51. The molecule has 0 fully saturated rings. The van der Waals surface area contributed by atoms with Crippen LogP contribution in [-0.2, 0) is 0 Å². The zero-order chi connectivity index (χ0) is 9.52. The van der Waals surface area contributed by atoms with Crippen molar-refractivity contribution < 1.29 is 0 Å². The van der Waals surface area contributed by atoms with Crippen LogP contribution in [0.25, 0.3) is 0 Å². The van der Waals surface area contributed by atoms with Crippen molar-refractivity contribution in [1.82, 2.24) is 5.32 Å². The highest BCUT2D eigenvalue weighted by atomic mass is 14.8. The summed E-state index contributed by atoms with van der Waals surface area (Å²) in [6.45, 7) is 9.72. The number of hydrogen-bond acceptors (Lipinski definition) is 1. The summed E-state index contributed by atoms with van der Waals surface area (Å²) in [6.07, 6.45) is 9.97. The molecule has 0 aliphatic heterocycles. The first-order chi connectivity index (χ1) is 6.34. The third-order valence-corrected chi connectivity index (χ3v) is 2.45. The Morgan fingerprint density at radius 2 is 2.46 bits per heavy atom. The topological polar surface area (TPSA) is 12.0 Å². The summed E-state index contributed by atoms with van der Waals surface area (Å²) in [7, 11) is 0. The summed E-state index contributed by atoms with van der Waals surface area (Å²) in [5.41, 5.74) is 1.39. The Morgan fingerprint density at radius 3 is 3.15 bits per heavy atom. The molecule has 1 unspecified atom stereocenters. The second-order valence-electron chi connectivity index (χ2n) is 3.51. The molecule has 1 N–H and O–H groups in total. The maximum Gasteiger partial charge on any atom is 0.0132 e. The smallest absolute Gasteiger partial charge is 0.0132 e. The van der Waals surface area contributed by atoms with Gasteiger partial charge in [-0.3, -0.25) is 0 Å². The SMILES string of the molecule is C=CCNCCC1C=CCCC1=C. The van der Waals surface area contributed by atoms with E-state index in [1.165, 1.54) is 24.8 Å². The molecule has 0 spiro atoms. The van der Waals surface area contributed by atoms with E-state index in [0.717, 1.165) is 13.1 Å². The van der Waals surface area contributed by atoms with Crippen molar-refractivity contribution in [2.45, 2.75) is 19.3 Å². The van der Waals surface area contributed by atoms with Crippen LogP contribution in [0.15, 0.2) is 37.0 Å². The Balaban J connectivity index is 2.19. The summed E-state index contributed by atoms with van der Waals surface area (Å²) in [4.78, 5) is 0. The van der Waals surface area contributed by atoms with E-state index in [1.54, 1.807) is 0 Å². The van der Waals surface area contributed by atoms with E-state index in [4.69, 9.17) is 0 Å². The first-order valence-corrected chi connectivity index (χ1v) is 5.00. The van der Waals surface area contributed by atoms with Gasteiger partial charge in [-0.15, -0.1) is 6.58 Å². The van der Waals surface area contributed by atoms with Crippen LogP contribution >= 0.6 is 0 Å². The van der Waals surface area contributed by atoms with Gasteiger partial charge in [0.05, 0.1) is 0 Å². The fourth-order valence-corrected chi connectivity index (χ4v) is 1.61. The predicted molar refractivity (Wildman–Crippen MR) is 58.7 cm³/mol. The maximum atomic E-state index is 4.10. The van der Waals surface area contributed by atoms with Gasteiger partial charge in [-0.05, 0) is 31.7 Å². The van der Waals surface area contributed by atoms with Gasteiger partial charge >= 0.3 is 0 Å². The van der Waals surface area contributed by atoms with E-state index in [9.17, 15) is 0 Å². The summed E-state index contributed by atoms with van der Waals surface area (Å²) in [5.74, 6) is 0.603. The third kappa shape index (κ3) is 3.60.